The van der Waals surface area contributed by atoms with Gasteiger partial charge in [0, 0.05) is 10.8 Å². The van der Waals surface area contributed by atoms with Crippen molar-refractivity contribution in [3.63, 3.8) is 0 Å². The summed E-state index contributed by atoms with van der Waals surface area (Å²) in [5.74, 6) is 0.572. The lowest BCUT2D eigenvalue weighted by molar-refractivity contribution is 0.112. The maximum Gasteiger partial charge on any atom is 0.153 e. The molecule has 0 aliphatic carbocycles. The number of carbonyl (C=O) groups is 1. The molecule has 1 aromatic heterocycles. The summed E-state index contributed by atoms with van der Waals surface area (Å²) in [4.78, 5) is 11.1. The van der Waals surface area contributed by atoms with E-state index in [0.29, 0.717) is 11.3 Å². The molecule has 3 aromatic carbocycles. The summed E-state index contributed by atoms with van der Waals surface area (Å²) in [5, 5.41) is 2.15. The molecule has 0 N–H and O–H groups in total. The van der Waals surface area contributed by atoms with E-state index < -0.39 is 0 Å². The van der Waals surface area contributed by atoms with Crippen LogP contribution < -0.4 is 4.74 Å². The first kappa shape index (κ1) is 13.6. The van der Waals surface area contributed by atoms with Crippen LogP contribution in [0.3, 0.4) is 0 Å². The molecule has 0 amide bonds. The second-order valence-corrected chi connectivity index (χ2v) is 5.35. The molecule has 4 rings (SSSR count). The number of para-hydroxylation sites is 1. The molecule has 3 nitrogen and oxygen atoms in total. The van der Waals surface area contributed by atoms with E-state index >= 15 is 0 Å². The summed E-state index contributed by atoms with van der Waals surface area (Å²) in [6, 6.07) is 19.6. The highest BCUT2D eigenvalue weighted by atomic mass is 16.5. The fourth-order valence-electron chi connectivity index (χ4n) is 2.99. The number of aldehydes is 1. The first-order valence-electron chi connectivity index (χ1n) is 7.35. The number of rotatable bonds is 3. The number of carbonyl (C=O) groups excluding carboxylic acids is 1. The van der Waals surface area contributed by atoms with Gasteiger partial charge in [0.05, 0.1) is 12.7 Å². The lowest BCUT2D eigenvalue weighted by Gasteiger charge is -2.08. The fourth-order valence-corrected chi connectivity index (χ4v) is 2.99. The first-order chi connectivity index (χ1) is 11.3. The molecule has 0 saturated carbocycles. The van der Waals surface area contributed by atoms with Crippen LogP contribution in [-0.2, 0) is 0 Å². The van der Waals surface area contributed by atoms with E-state index in [4.69, 9.17) is 9.15 Å². The Morgan fingerprint density at radius 3 is 2.61 bits per heavy atom. The Morgan fingerprint density at radius 2 is 1.78 bits per heavy atom. The summed E-state index contributed by atoms with van der Waals surface area (Å²) < 4.78 is 11.3. The lowest BCUT2D eigenvalue weighted by atomic mass is 9.98. The van der Waals surface area contributed by atoms with E-state index in [1.54, 1.807) is 13.2 Å². The second kappa shape index (κ2) is 5.29. The molecule has 23 heavy (non-hydrogen) atoms. The Labute approximate surface area is 133 Å². The van der Waals surface area contributed by atoms with E-state index in [0.717, 1.165) is 39.4 Å². The number of ether oxygens (including phenoxy) is 1. The van der Waals surface area contributed by atoms with Crippen LogP contribution in [0.2, 0.25) is 0 Å². The average Bonchev–Trinajstić information content (AvgIpc) is 2.99. The van der Waals surface area contributed by atoms with E-state index in [-0.39, 0.29) is 0 Å². The van der Waals surface area contributed by atoms with Crippen molar-refractivity contribution in [1.82, 2.24) is 0 Å². The molecule has 112 valence electrons. The van der Waals surface area contributed by atoms with Crippen molar-refractivity contribution in [2.45, 2.75) is 0 Å². The molecular weight excluding hydrogens is 288 g/mol. The number of furan rings is 1. The van der Waals surface area contributed by atoms with Gasteiger partial charge in [-0.25, -0.2) is 0 Å². The molecule has 0 atom stereocenters. The summed E-state index contributed by atoms with van der Waals surface area (Å²) in [5.41, 5.74) is 4.31. The van der Waals surface area contributed by atoms with Crippen molar-refractivity contribution in [2.75, 3.05) is 7.11 Å². The molecular formula is C20H14O3. The second-order valence-electron chi connectivity index (χ2n) is 5.35. The molecule has 1 heterocycles. The maximum absolute atomic E-state index is 11.1. The Morgan fingerprint density at radius 1 is 0.957 bits per heavy atom. The molecule has 0 unspecified atom stereocenters. The summed E-state index contributed by atoms with van der Waals surface area (Å²) >= 11 is 0. The first-order valence-corrected chi connectivity index (χ1v) is 7.35. The quantitative estimate of drug-likeness (QED) is 0.496. The standard InChI is InChI=1S/C20H14O3/c1-22-19-11-13(9-10-14(19)12-21)15-6-4-8-18-20(15)16-5-2-3-7-17(16)23-18/h2-12H,1H3. The highest BCUT2D eigenvalue weighted by Gasteiger charge is 2.13. The minimum Gasteiger partial charge on any atom is -0.496 e. The predicted molar refractivity (Wildman–Crippen MR) is 91.1 cm³/mol. The molecule has 0 spiro atoms. The van der Waals surface area contributed by atoms with Crippen LogP contribution in [0.5, 0.6) is 5.75 Å². The third-order valence-electron chi connectivity index (χ3n) is 4.07. The van der Waals surface area contributed by atoms with Crippen LogP contribution in [0.4, 0.5) is 0 Å². The predicted octanol–water partition coefficient (Wildman–Crippen LogP) is 5.07. The summed E-state index contributed by atoms with van der Waals surface area (Å²) in [6.07, 6.45) is 0.802. The highest BCUT2D eigenvalue weighted by Crippen LogP contribution is 2.37. The Kier molecular flexibility index (Phi) is 3.12. The van der Waals surface area contributed by atoms with Gasteiger partial charge in [-0.1, -0.05) is 36.4 Å². The SMILES string of the molecule is COc1cc(-c2cccc3oc4ccccc4c23)ccc1C=O. The lowest BCUT2D eigenvalue weighted by Crippen LogP contribution is -1.91. The number of fused-ring (bicyclic) bond motifs is 3. The molecule has 3 heteroatoms. The number of hydrogen-bond acceptors (Lipinski definition) is 3. The Hall–Kier alpha value is -3.07. The van der Waals surface area contributed by atoms with Crippen LogP contribution in [0.25, 0.3) is 33.1 Å². The molecule has 0 aliphatic rings. The normalized spacial score (nSPS) is 11.0. The molecule has 4 aromatic rings. The van der Waals surface area contributed by atoms with Crippen LogP contribution in [0, 0.1) is 0 Å². The van der Waals surface area contributed by atoms with Gasteiger partial charge in [-0.15, -0.1) is 0 Å². The smallest absolute Gasteiger partial charge is 0.153 e. The average molecular weight is 302 g/mol. The van der Waals surface area contributed by atoms with Crippen molar-refractivity contribution in [1.29, 1.82) is 0 Å². The molecule has 0 saturated heterocycles. The van der Waals surface area contributed by atoms with Gasteiger partial charge in [-0.05, 0) is 35.4 Å². The molecule has 0 bridgehead atoms. The Bertz CT molecular complexity index is 1030. The van der Waals surface area contributed by atoms with Gasteiger partial charge in [-0.3, -0.25) is 4.79 Å². The van der Waals surface area contributed by atoms with Crippen molar-refractivity contribution < 1.29 is 13.9 Å². The number of methoxy groups -OCH3 is 1. The largest absolute Gasteiger partial charge is 0.496 e. The van der Waals surface area contributed by atoms with Gasteiger partial charge in [0.25, 0.3) is 0 Å². The fraction of sp³-hybridized carbons (Fsp3) is 0.0500. The summed E-state index contributed by atoms with van der Waals surface area (Å²) in [7, 11) is 1.57. The highest BCUT2D eigenvalue weighted by molar-refractivity contribution is 6.12. The van der Waals surface area contributed by atoms with Crippen molar-refractivity contribution in [3.05, 3.63) is 66.2 Å². The van der Waals surface area contributed by atoms with Gasteiger partial charge in [-0.2, -0.15) is 0 Å². The van der Waals surface area contributed by atoms with Crippen LogP contribution in [-0.4, -0.2) is 13.4 Å². The van der Waals surface area contributed by atoms with Gasteiger partial charge >= 0.3 is 0 Å². The Balaban J connectivity index is 2.04. The molecule has 0 radical (unpaired) electrons. The zero-order chi connectivity index (χ0) is 15.8. The third-order valence-corrected chi connectivity index (χ3v) is 4.07. The van der Waals surface area contributed by atoms with E-state index in [2.05, 4.69) is 12.1 Å². The van der Waals surface area contributed by atoms with Gasteiger partial charge in [0.15, 0.2) is 6.29 Å². The van der Waals surface area contributed by atoms with Gasteiger partial charge in [0.1, 0.15) is 16.9 Å². The molecule has 0 fully saturated rings. The number of hydrogen-bond donors (Lipinski definition) is 0. The van der Waals surface area contributed by atoms with Crippen LogP contribution in [0.1, 0.15) is 10.4 Å². The van der Waals surface area contributed by atoms with Crippen molar-refractivity contribution in [3.8, 4) is 16.9 Å². The minimum atomic E-state index is 0.542. The maximum atomic E-state index is 11.1. The topological polar surface area (TPSA) is 39.4 Å². The number of benzene rings is 3. The van der Waals surface area contributed by atoms with E-state index in [1.807, 2.05) is 42.5 Å². The van der Waals surface area contributed by atoms with Crippen LogP contribution in [0.15, 0.2) is 65.1 Å². The van der Waals surface area contributed by atoms with Gasteiger partial charge in [0.2, 0.25) is 0 Å². The minimum absolute atomic E-state index is 0.542. The van der Waals surface area contributed by atoms with Gasteiger partial charge < -0.3 is 9.15 Å². The van der Waals surface area contributed by atoms with Crippen LogP contribution >= 0.6 is 0 Å². The molecule has 0 aliphatic heterocycles. The van der Waals surface area contributed by atoms with E-state index in [1.165, 1.54) is 0 Å². The van der Waals surface area contributed by atoms with Crippen molar-refractivity contribution >= 4 is 28.2 Å². The summed E-state index contributed by atoms with van der Waals surface area (Å²) in [6.45, 7) is 0. The zero-order valence-electron chi connectivity index (χ0n) is 12.6. The van der Waals surface area contributed by atoms with Crippen molar-refractivity contribution in [2.24, 2.45) is 0 Å². The van der Waals surface area contributed by atoms with E-state index in [9.17, 15) is 4.79 Å². The monoisotopic (exact) mass is 302 g/mol. The third kappa shape index (κ3) is 2.09. The zero-order valence-corrected chi connectivity index (χ0v) is 12.6.